The zero-order valence-electron chi connectivity index (χ0n) is 11.8. The smallest absolute Gasteiger partial charge is 0.296 e. The normalized spacial score (nSPS) is 11.1. The summed E-state index contributed by atoms with van der Waals surface area (Å²) in [5, 5.41) is 12.7. The molecule has 106 valence electrons. The van der Waals surface area contributed by atoms with E-state index >= 15 is 0 Å². The lowest BCUT2D eigenvalue weighted by Gasteiger charge is -2.13. The molecule has 0 bridgehead atoms. The van der Waals surface area contributed by atoms with E-state index in [9.17, 15) is 9.90 Å². The van der Waals surface area contributed by atoms with E-state index in [1.165, 1.54) is 0 Å². The molecule has 2 aromatic rings. The lowest BCUT2D eigenvalue weighted by atomic mass is 10.0. The largest absolute Gasteiger partial charge is 0.387 e. The Balaban J connectivity index is 1.90. The fourth-order valence-electron chi connectivity index (χ4n) is 1.95. The molecule has 0 saturated carbocycles. The first-order valence-corrected chi connectivity index (χ1v) is 6.75. The first-order chi connectivity index (χ1) is 10.2. The molecule has 0 aliphatic rings. The van der Waals surface area contributed by atoms with Gasteiger partial charge in [0, 0.05) is 18.0 Å². The van der Waals surface area contributed by atoms with Gasteiger partial charge in [0.05, 0.1) is 6.10 Å². The van der Waals surface area contributed by atoms with Crippen LogP contribution < -0.4 is 5.32 Å². The van der Waals surface area contributed by atoms with Crippen LogP contribution in [0.5, 0.6) is 0 Å². The van der Waals surface area contributed by atoms with E-state index in [0.717, 1.165) is 16.7 Å². The van der Waals surface area contributed by atoms with Crippen molar-refractivity contribution in [3.05, 3.63) is 71.3 Å². The van der Waals surface area contributed by atoms with E-state index in [4.69, 9.17) is 0 Å². The Morgan fingerprint density at radius 3 is 2.52 bits per heavy atom. The highest BCUT2D eigenvalue weighted by molar-refractivity contribution is 5.94. The number of hydrogen-bond donors (Lipinski definition) is 2. The van der Waals surface area contributed by atoms with Crippen molar-refractivity contribution in [3.63, 3.8) is 0 Å². The van der Waals surface area contributed by atoms with Crippen LogP contribution in [0.15, 0.2) is 54.6 Å². The van der Waals surface area contributed by atoms with Crippen LogP contribution in [0.1, 0.15) is 22.8 Å². The molecule has 0 aliphatic heterocycles. The number of rotatable bonds is 3. The molecule has 21 heavy (non-hydrogen) atoms. The molecule has 2 N–H and O–H groups in total. The van der Waals surface area contributed by atoms with Crippen LogP contribution in [0.25, 0.3) is 0 Å². The zero-order valence-corrected chi connectivity index (χ0v) is 11.8. The van der Waals surface area contributed by atoms with Gasteiger partial charge in [-0.2, -0.15) is 0 Å². The third-order valence-electron chi connectivity index (χ3n) is 3.10. The highest BCUT2D eigenvalue weighted by Gasteiger charge is 2.10. The Morgan fingerprint density at radius 2 is 1.81 bits per heavy atom. The number of aryl methyl sites for hydroxylation is 1. The number of carbonyl (C=O) groups is 1. The first-order valence-electron chi connectivity index (χ1n) is 6.75. The molecule has 0 aliphatic carbocycles. The Morgan fingerprint density at radius 1 is 1.14 bits per heavy atom. The number of nitrogens with one attached hydrogen (secondary N) is 1. The molecule has 1 unspecified atom stereocenters. The second kappa shape index (κ2) is 7.28. The molecule has 2 aromatic carbocycles. The summed E-state index contributed by atoms with van der Waals surface area (Å²) in [4.78, 5) is 11.6. The standard InChI is InChI=1S/C18H17NO2/c1-14-7-5-6-10-16(14)17(20)13-19-18(21)12-11-15-8-3-2-4-9-15/h2-10,17,20H,13H2,1H3,(H,19,21). The summed E-state index contributed by atoms with van der Waals surface area (Å²) in [5.41, 5.74) is 2.59. The van der Waals surface area contributed by atoms with Gasteiger partial charge in [-0.1, -0.05) is 48.4 Å². The molecule has 2 rings (SSSR count). The van der Waals surface area contributed by atoms with E-state index in [0.29, 0.717) is 0 Å². The van der Waals surface area contributed by atoms with Crippen molar-refractivity contribution in [2.24, 2.45) is 0 Å². The molecule has 0 radical (unpaired) electrons. The highest BCUT2D eigenvalue weighted by Crippen LogP contribution is 2.15. The van der Waals surface area contributed by atoms with Gasteiger partial charge in [-0.15, -0.1) is 0 Å². The van der Waals surface area contributed by atoms with E-state index in [1.54, 1.807) is 0 Å². The quantitative estimate of drug-likeness (QED) is 0.846. The van der Waals surface area contributed by atoms with Crippen LogP contribution in [-0.2, 0) is 4.79 Å². The van der Waals surface area contributed by atoms with Gasteiger partial charge in [0.2, 0.25) is 0 Å². The second-order valence-electron chi connectivity index (χ2n) is 4.70. The lowest BCUT2D eigenvalue weighted by molar-refractivity contribution is -0.116. The molecular formula is C18H17NO2. The number of aliphatic hydroxyl groups is 1. The maximum absolute atomic E-state index is 11.6. The minimum atomic E-state index is -0.728. The molecule has 1 amide bonds. The second-order valence-corrected chi connectivity index (χ2v) is 4.70. The summed E-state index contributed by atoms with van der Waals surface area (Å²) in [6.07, 6.45) is -0.728. The minimum absolute atomic E-state index is 0.146. The predicted octanol–water partition coefficient (Wildman–Crippen LogP) is 2.20. The van der Waals surface area contributed by atoms with E-state index in [-0.39, 0.29) is 6.54 Å². The summed E-state index contributed by atoms with van der Waals surface area (Å²) in [7, 11) is 0. The first kappa shape index (κ1) is 14.8. The van der Waals surface area contributed by atoms with Crippen LogP contribution in [0, 0.1) is 18.8 Å². The van der Waals surface area contributed by atoms with Gasteiger partial charge < -0.3 is 10.4 Å². The number of benzene rings is 2. The topological polar surface area (TPSA) is 49.3 Å². The van der Waals surface area contributed by atoms with E-state index in [1.807, 2.05) is 61.5 Å². The highest BCUT2D eigenvalue weighted by atomic mass is 16.3. The van der Waals surface area contributed by atoms with Gasteiger partial charge in [0.15, 0.2) is 0 Å². The average Bonchev–Trinajstić information content (AvgIpc) is 2.52. The van der Waals surface area contributed by atoms with Crippen molar-refractivity contribution >= 4 is 5.91 Å². The van der Waals surface area contributed by atoms with Crippen molar-refractivity contribution in [3.8, 4) is 11.8 Å². The van der Waals surface area contributed by atoms with Gasteiger partial charge in [0.25, 0.3) is 5.91 Å². The number of amides is 1. The monoisotopic (exact) mass is 279 g/mol. The van der Waals surface area contributed by atoms with Crippen molar-refractivity contribution in [1.29, 1.82) is 0 Å². The summed E-state index contributed by atoms with van der Waals surface area (Å²) >= 11 is 0. The molecular weight excluding hydrogens is 262 g/mol. The molecule has 0 fully saturated rings. The lowest BCUT2D eigenvalue weighted by Crippen LogP contribution is -2.27. The van der Waals surface area contributed by atoms with Crippen LogP contribution in [0.4, 0.5) is 0 Å². The maximum atomic E-state index is 11.6. The predicted molar refractivity (Wildman–Crippen MR) is 82.5 cm³/mol. The van der Waals surface area contributed by atoms with Crippen molar-refractivity contribution in [2.45, 2.75) is 13.0 Å². The molecule has 0 aromatic heterocycles. The zero-order chi connectivity index (χ0) is 15.1. The van der Waals surface area contributed by atoms with Crippen molar-refractivity contribution < 1.29 is 9.90 Å². The van der Waals surface area contributed by atoms with Crippen molar-refractivity contribution in [1.82, 2.24) is 5.32 Å². The summed E-state index contributed by atoms with van der Waals surface area (Å²) in [6, 6.07) is 16.8. The molecule has 3 nitrogen and oxygen atoms in total. The van der Waals surface area contributed by atoms with Gasteiger partial charge in [-0.25, -0.2) is 0 Å². The Labute approximate surface area is 124 Å². The SMILES string of the molecule is Cc1ccccc1C(O)CNC(=O)C#Cc1ccccc1. The van der Waals surface area contributed by atoms with Gasteiger partial charge >= 0.3 is 0 Å². The fraction of sp³-hybridized carbons (Fsp3) is 0.167. The van der Waals surface area contributed by atoms with Crippen LogP contribution >= 0.6 is 0 Å². The third-order valence-corrected chi connectivity index (χ3v) is 3.10. The fourth-order valence-corrected chi connectivity index (χ4v) is 1.95. The van der Waals surface area contributed by atoms with Crippen LogP contribution in [-0.4, -0.2) is 17.6 Å². The molecule has 3 heteroatoms. The van der Waals surface area contributed by atoms with E-state index in [2.05, 4.69) is 17.2 Å². The minimum Gasteiger partial charge on any atom is -0.387 e. The Hall–Kier alpha value is -2.57. The Bertz CT molecular complexity index is 668. The average molecular weight is 279 g/mol. The van der Waals surface area contributed by atoms with Gasteiger partial charge in [-0.3, -0.25) is 4.79 Å². The van der Waals surface area contributed by atoms with E-state index < -0.39 is 12.0 Å². The number of aliphatic hydroxyl groups excluding tert-OH is 1. The number of hydrogen-bond acceptors (Lipinski definition) is 2. The van der Waals surface area contributed by atoms with Gasteiger partial charge in [-0.05, 0) is 30.2 Å². The Kier molecular flexibility index (Phi) is 5.14. The molecule has 0 saturated heterocycles. The summed E-state index contributed by atoms with van der Waals surface area (Å²) < 4.78 is 0. The van der Waals surface area contributed by atoms with Crippen LogP contribution in [0.3, 0.4) is 0 Å². The maximum Gasteiger partial charge on any atom is 0.296 e. The summed E-state index contributed by atoms with van der Waals surface area (Å²) in [5.74, 6) is 4.89. The molecule has 0 heterocycles. The molecule has 1 atom stereocenters. The van der Waals surface area contributed by atoms with Crippen molar-refractivity contribution in [2.75, 3.05) is 6.54 Å². The van der Waals surface area contributed by atoms with Gasteiger partial charge in [0.1, 0.15) is 0 Å². The third kappa shape index (κ3) is 4.48. The molecule has 0 spiro atoms. The van der Waals surface area contributed by atoms with Crippen LogP contribution in [0.2, 0.25) is 0 Å². The number of carbonyl (C=O) groups excluding carboxylic acids is 1. The summed E-state index contributed by atoms with van der Waals surface area (Å²) in [6.45, 7) is 2.07.